The van der Waals surface area contributed by atoms with Crippen LogP contribution in [0.15, 0.2) is 84.9 Å². The first-order chi connectivity index (χ1) is 35.1. The quantitative estimate of drug-likeness (QED) is 0.0200. The van der Waals surface area contributed by atoms with Crippen molar-refractivity contribution in [2.24, 2.45) is 0 Å². The fraction of sp³-hybridized carbons (Fsp3) is 0.280. The van der Waals surface area contributed by atoms with Crippen molar-refractivity contribution in [3.05, 3.63) is 162 Å². The van der Waals surface area contributed by atoms with E-state index in [-0.39, 0.29) is 128 Å². The van der Waals surface area contributed by atoms with Crippen molar-refractivity contribution in [1.82, 2.24) is 9.80 Å². The van der Waals surface area contributed by atoms with E-state index in [1.165, 1.54) is 60.7 Å². The molecule has 0 aliphatic carbocycles. The van der Waals surface area contributed by atoms with Gasteiger partial charge in [-0.15, -0.1) is 22.7 Å². The van der Waals surface area contributed by atoms with Crippen LogP contribution in [0.25, 0.3) is 20.9 Å². The third kappa shape index (κ3) is 15.7. The van der Waals surface area contributed by atoms with Crippen LogP contribution in [0.3, 0.4) is 0 Å². The first-order valence-corrected chi connectivity index (χ1v) is 24.0. The van der Waals surface area contributed by atoms with Crippen molar-refractivity contribution < 1.29 is 123 Å². The summed E-state index contributed by atoms with van der Waals surface area (Å²) in [5, 5.41) is 32.4. The molecule has 0 atom stereocenters. The molecular formula is C50H51F4KN6O13S2. The van der Waals surface area contributed by atoms with E-state index in [1.54, 1.807) is 58.8 Å². The van der Waals surface area contributed by atoms with E-state index in [9.17, 15) is 62.1 Å². The van der Waals surface area contributed by atoms with E-state index in [4.69, 9.17) is 14.2 Å². The number of benzene rings is 4. The predicted octanol–water partition coefficient (Wildman–Crippen LogP) is 8.35. The Morgan fingerprint density at radius 2 is 0.868 bits per heavy atom. The zero-order valence-electron chi connectivity index (χ0n) is 42.4. The van der Waals surface area contributed by atoms with Gasteiger partial charge in [-0.2, -0.15) is 0 Å². The molecule has 2 N–H and O–H groups in total. The van der Waals surface area contributed by atoms with Gasteiger partial charge in [-0.25, -0.2) is 36.7 Å². The summed E-state index contributed by atoms with van der Waals surface area (Å²) in [6.07, 6.45) is -1.89. The predicted molar refractivity (Wildman–Crippen MR) is 272 cm³/mol. The van der Waals surface area contributed by atoms with Crippen LogP contribution in [-0.2, 0) is 40.4 Å². The fourth-order valence-electron chi connectivity index (χ4n) is 7.31. The average Bonchev–Trinajstić information content (AvgIpc) is 3.89. The van der Waals surface area contributed by atoms with Crippen LogP contribution in [-0.4, -0.2) is 102 Å². The van der Waals surface area contributed by atoms with E-state index in [2.05, 4.69) is 0 Å². The van der Waals surface area contributed by atoms with E-state index < -0.39 is 75.9 Å². The van der Waals surface area contributed by atoms with Crippen LogP contribution in [0.5, 0.6) is 0 Å². The zero-order valence-corrected chi connectivity index (χ0v) is 47.2. The Morgan fingerprint density at radius 1 is 0.539 bits per heavy atom. The summed E-state index contributed by atoms with van der Waals surface area (Å²) in [5.74, 6) is -5.61. The second-order valence-electron chi connectivity index (χ2n) is 16.3. The molecule has 2 heterocycles. The monoisotopic (exact) mass is 1120 g/mol. The van der Waals surface area contributed by atoms with Crippen LogP contribution in [0.4, 0.5) is 48.5 Å². The standard InChI is InChI=1S/C26H27F2N3O6S.C24H23F2N3O6S.K.H2O/c1-5-36-25(32)22-19(14-29(3)4)23(16-10-12-17(13-11-16)31(34)35)38-24(22)30(26(33)37-6-2)15-18-20(27)8-7-9-21(18)28;1-4-35-24(32)28(13-16-18(25)6-5-7-19(16)26)22-20(23(30)31)17(12-27(2)3)21(36-22)14-8-10-15(11-9-14)29(33)34;;/h7-13H,5-6,14-15H2,1-4H3;5-11H,4,12-13H2,1-3H3,(H,30,31);;1H2/q;;+1;/p-1. The van der Waals surface area contributed by atoms with Gasteiger partial charge < -0.3 is 34.6 Å². The van der Waals surface area contributed by atoms with Crippen molar-refractivity contribution in [2.75, 3.05) is 57.8 Å². The van der Waals surface area contributed by atoms with Gasteiger partial charge in [0.1, 0.15) is 33.3 Å². The molecule has 0 aliphatic rings. The summed E-state index contributed by atoms with van der Waals surface area (Å²) in [6.45, 7) is 3.96. The Balaban J connectivity index is 0.000000391. The number of hydrogen-bond acceptors (Lipinski definition) is 16. The normalized spacial score (nSPS) is 10.6. The van der Waals surface area contributed by atoms with Gasteiger partial charge in [-0.3, -0.25) is 30.0 Å². The van der Waals surface area contributed by atoms with Crippen LogP contribution >= 0.6 is 22.7 Å². The summed E-state index contributed by atoms with van der Waals surface area (Å²) < 4.78 is 73.8. The van der Waals surface area contributed by atoms with E-state index in [0.29, 0.717) is 32.0 Å². The average molecular weight is 1120 g/mol. The maximum absolute atomic E-state index is 14.6. The number of non-ortho nitro benzene ring substituents is 2. The number of hydrogen-bond donors (Lipinski definition) is 1. The number of aromatic carboxylic acids is 1. The van der Waals surface area contributed by atoms with E-state index >= 15 is 0 Å². The largest absolute Gasteiger partial charge is 1.00 e. The number of nitro benzene ring substituents is 2. The molecule has 0 saturated carbocycles. The summed E-state index contributed by atoms with van der Waals surface area (Å²) in [6, 6.07) is 17.9. The molecule has 26 heteroatoms. The summed E-state index contributed by atoms with van der Waals surface area (Å²) >= 11 is 1.95. The van der Waals surface area contributed by atoms with Gasteiger partial charge in [0.2, 0.25) is 0 Å². The number of carboxylic acids is 1. The molecule has 0 saturated heterocycles. The summed E-state index contributed by atoms with van der Waals surface area (Å²) in [4.78, 5) is 79.3. The molecule has 2 aromatic heterocycles. The van der Waals surface area contributed by atoms with Gasteiger partial charge >= 0.3 is 75.5 Å². The first kappa shape index (κ1) is 64.1. The van der Waals surface area contributed by atoms with Crippen LogP contribution < -0.4 is 61.2 Å². The van der Waals surface area contributed by atoms with Gasteiger partial charge in [0.25, 0.3) is 11.4 Å². The van der Waals surface area contributed by atoms with Gasteiger partial charge in [0, 0.05) is 69.4 Å². The number of rotatable bonds is 19. The number of anilines is 2. The molecule has 19 nitrogen and oxygen atoms in total. The first-order valence-electron chi connectivity index (χ1n) is 22.4. The van der Waals surface area contributed by atoms with Crippen molar-refractivity contribution >= 4 is 68.2 Å². The number of nitrogens with zero attached hydrogens (tertiary/aromatic N) is 6. The SMILES string of the molecule is CCOC(=O)N(Cc1c(F)cccc1F)c1sc(-c2ccc([N+](=O)[O-])cc2)c(CN(C)C)c1C(=O)O.CCOC(=O)c1c(N(Cc2c(F)cccc2F)C(=O)OCC)sc(-c2ccc([N+](=O)[O-])cc2)c1CN(C)C.[K+].[OH-]. The molecule has 0 unspecified atom stereocenters. The van der Waals surface area contributed by atoms with Crippen LogP contribution in [0.2, 0.25) is 0 Å². The van der Waals surface area contributed by atoms with Crippen LogP contribution in [0.1, 0.15) is 63.7 Å². The van der Waals surface area contributed by atoms with E-state index in [1.807, 2.05) is 0 Å². The number of thiophene rings is 2. The number of halogens is 4. The zero-order chi connectivity index (χ0) is 54.6. The number of carbonyl (C=O) groups excluding carboxylic acids is 3. The molecular weight excluding hydrogens is 1070 g/mol. The second kappa shape index (κ2) is 29.4. The molecule has 6 rings (SSSR count). The molecule has 0 radical (unpaired) electrons. The van der Waals surface area contributed by atoms with Gasteiger partial charge in [0.05, 0.1) is 53.9 Å². The molecule has 6 aromatic rings. The maximum atomic E-state index is 14.6. The Hall–Kier alpha value is -6.20. The van der Waals surface area contributed by atoms with Crippen molar-refractivity contribution in [1.29, 1.82) is 0 Å². The molecule has 76 heavy (non-hydrogen) atoms. The van der Waals surface area contributed by atoms with Crippen LogP contribution in [0, 0.1) is 43.5 Å². The molecule has 0 fully saturated rings. The van der Waals surface area contributed by atoms with Gasteiger partial charge in [-0.1, -0.05) is 12.1 Å². The molecule has 0 bridgehead atoms. The van der Waals surface area contributed by atoms with Gasteiger partial charge in [0.15, 0.2) is 0 Å². The molecule has 4 aromatic carbocycles. The summed E-state index contributed by atoms with van der Waals surface area (Å²) in [7, 11) is 7.01. The summed E-state index contributed by atoms with van der Waals surface area (Å²) in [5.41, 5.74) is 0.606. The second-order valence-corrected chi connectivity index (χ2v) is 18.3. The number of esters is 1. The van der Waals surface area contributed by atoms with Crippen molar-refractivity contribution in [3.63, 3.8) is 0 Å². The smallest absolute Gasteiger partial charge is 0.870 e. The Kier molecular flexibility index (Phi) is 24.7. The number of amides is 2. The Labute approximate surface area is 484 Å². The fourth-order valence-corrected chi connectivity index (χ4v) is 9.91. The molecule has 2 amide bonds. The molecule has 400 valence electrons. The topological polar surface area (TPSA) is 245 Å². The Morgan fingerprint density at radius 3 is 1.17 bits per heavy atom. The maximum Gasteiger partial charge on any atom is 1.00 e. The number of nitro groups is 2. The van der Waals surface area contributed by atoms with Crippen molar-refractivity contribution in [2.45, 2.75) is 47.0 Å². The minimum atomic E-state index is -1.35. The third-order valence-corrected chi connectivity index (χ3v) is 13.1. The molecule has 0 spiro atoms. The van der Waals surface area contributed by atoms with Crippen molar-refractivity contribution in [3.8, 4) is 20.9 Å². The number of carboxylic acid groups (broad SMARTS) is 1. The number of carbonyl (C=O) groups is 4. The minimum absolute atomic E-state index is 0. The number of ether oxygens (including phenoxy) is 3. The van der Waals surface area contributed by atoms with Gasteiger partial charge in [-0.05, 0) is 109 Å². The third-order valence-electron chi connectivity index (χ3n) is 10.5. The Bertz CT molecular complexity index is 2990. The minimum Gasteiger partial charge on any atom is -0.870 e. The molecule has 0 aliphatic heterocycles. The van der Waals surface area contributed by atoms with E-state index in [0.717, 1.165) is 56.7 Å².